The van der Waals surface area contributed by atoms with Gasteiger partial charge in [-0.25, -0.2) is 0 Å². The Balaban J connectivity index is 1.61. The summed E-state index contributed by atoms with van der Waals surface area (Å²) in [6.07, 6.45) is 0. The maximum Gasteiger partial charge on any atom is 0.168 e. The molecule has 39 heavy (non-hydrogen) atoms. The van der Waals surface area contributed by atoms with E-state index in [-0.39, 0.29) is 5.92 Å². The number of hydrogen-bond acceptors (Lipinski definition) is 2. The first-order valence-corrected chi connectivity index (χ1v) is 13.5. The molecule has 3 nitrogen and oxygen atoms in total. The lowest BCUT2D eigenvalue weighted by molar-refractivity contribution is 0.409. The molecule has 0 saturated heterocycles. The van der Waals surface area contributed by atoms with E-state index in [4.69, 9.17) is 10.2 Å². The van der Waals surface area contributed by atoms with Crippen molar-refractivity contribution in [3.8, 4) is 28.2 Å². The van der Waals surface area contributed by atoms with Crippen LogP contribution in [0.4, 0.5) is 0 Å². The lowest BCUT2D eigenvalue weighted by atomic mass is 9.66. The molecular formula is C36H31N3. The van der Waals surface area contributed by atoms with Crippen LogP contribution in [0.15, 0.2) is 146 Å². The van der Waals surface area contributed by atoms with E-state index in [1.807, 2.05) is 12.1 Å². The van der Waals surface area contributed by atoms with Crippen LogP contribution in [0.25, 0.3) is 28.2 Å². The SMILES string of the molecule is CC(C)C(c1ccccc1)(c1ccccc1)c1nnc(-c2ccc(-c3ccccc3)cc2)n1-c1ccccc1. The van der Waals surface area contributed by atoms with Gasteiger partial charge in [0.15, 0.2) is 11.6 Å². The zero-order chi connectivity index (χ0) is 26.7. The van der Waals surface area contributed by atoms with E-state index >= 15 is 0 Å². The number of rotatable bonds is 7. The van der Waals surface area contributed by atoms with E-state index < -0.39 is 5.41 Å². The first kappa shape index (κ1) is 24.6. The molecule has 0 saturated carbocycles. The van der Waals surface area contributed by atoms with Crippen LogP contribution < -0.4 is 0 Å². The Bertz CT molecular complexity index is 1600. The van der Waals surface area contributed by atoms with E-state index in [9.17, 15) is 0 Å². The van der Waals surface area contributed by atoms with Gasteiger partial charge in [-0.05, 0) is 40.3 Å². The maximum atomic E-state index is 5.01. The molecule has 0 fully saturated rings. The van der Waals surface area contributed by atoms with Crippen LogP contribution in [0.2, 0.25) is 0 Å². The van der Waals surface area contributed by atoms with Gasteiger partial charge < -0.3 is 0 Å². The summed E-state index contributed by atoms with van der Waals surface area (Å²) in [5.41, 5.74) is 6.31. The predicted octanol–water partition coefficient (Wildman–Crippen LogP) is 8.59. The first-order chi connectivity index (χ1) is 19.2. The van der Waals surface area contributed by atoms with Gasteiger partial charge >= 0.3 is 0 Å². The van der Waals surface area contributed by atoms with Crippen LogP contribution in [-0.2, 0) is 5.41 Å². The largest absolute Gasteiger partial charge is 0.278 e. The highest BCUT2D eigenvalue weighted by Crippen LogP contribution is 2.46. The zero-order valence-electron chi connectivity index (χ0n) is 22.3. The normalized spacial score (nSPS) is 11.6. The number of hydrogen-bond donors (Lipinski definition) is 0. The fourth-order valence-electron chi connectivity index (χ4n) is 5.74. The maximum absolute atomic E-state index is 5.01. The van der Waals surface area contributed by atoms with Gasteiger partial charge in [0.1, 0.15) is 0 Å². The van der Waals surface area contributed by atoms with Crippen LogP contribution in [-0.4, -0.2) is 14.8 Å². The molecule has 6 rings (SSSR count). The van der Waals surface area contributed by atoms with Gasteiger partial charge in [-0.1, -0.05) is 147 Å². The Hall–Kier alpha value is -4.76. The highest BCUT2D eigenvalue weighted by Gasteiger charge is 2.44. The highest BCUT2D eigenvalue weighted by atomic mass is 15.3. The van der Waals surface area contributed by atoms with Crippen molar-refractivity contribution < 1.29 is 0 Å². The molecule has 0 bridgehead atoms. The molecular weight excluding hydrogens is 474 g/mol. The molecule has 190 valence electrons. The summed E-state index contributed by atoms with van der Waals surface area (Å²) in [4.78, 5) is 0. The summed E-state index contributed by atoms with van der Waals surface area (Å²) in [5, 5.41) is 9.89. The predicted molar refractivity (Wildman–Crippen MR) is 160 cm³/mol. The van der Waals surface area contributed by atoms with Crippen LogP contribution in [0.3, 0.4) is 0 Å². The molecule has 0 spiro atoms. The fraction of sp³-hybridized carbons (Fsp3) is 0.111. The van der Waals surface area contributed by atoms with Crippen LogP contribution in [0.1, 0.15) is 30.8 Å². The number of benzene rings is 5. The van der Waals surface area contributed by atoms with Gasteiger partial charge in [0.05, 0.1) is 5.41 Å². The van der Waals surface area contributed by atoms with Crippen molar-refractivity contribution in [1.29, 1.82) is 0 Å². The average Bonchev–Trinajstić information content (AvgIpc) is 3.45. The Morgan fingerprint density at radius 1 is 0.487 bits per heavy atom. The minimum Gasteiger partial charge on any atom is -0.278 e. The van der Waals surface area contributed by atoms with E-state index in [0.29, 0.717) is 0 Å². The molecule has 1 heterocycles. The van der Waals surface area contributed by atoms with Gasteiger partial charge in [0.25, 0.3) is 0 Å². The molecule has 6 aromatic rings. The minimum absolute atomic E-state index is 0.197. The average molecular weight is 506 g/mol. The highest BCUT2D eigenvalue weighted by molar-refractivity contribution is 5.69. The minimum atomic E-state index is -0.520. The van der Waals surface area contributed by atoms with Gasteiger partial charge in [-0.15, -0.1) is 10.2 Å². The van der Waals surface area contributed by atoms with Crippen molar-refractivity contribution in [3.05, 3.63) is 163 Å². The molecule has 0 aliphatic carbocycles. The molecule has 0 atom stereocenters. The first-order valence-electron chi connectivity index (χ1n) is 13.5. The van der Waals surface area contributed by atoms with Gasteiger partial charge in [-0.3, -0.25) is 4.57 Å². The molecule has 0 N–H and O–H groups in total. The van der Waals surface area contributed by atoms with E-state index in [1.54, 1.807) is 0 Å². The molecule has 1 aromatic heterocycles. The number of aromatic nitrogens is 3. The Morgan fingerprint density at radius 2 is 0.923 bits per heavy atom. The van der Waals surface area contributed by atoms with Crippen LogP contribution in [0, 0.1) is 5.92 Å². The van der Waals surface area contributed by atoms with E-state index in [1.165, 1.54) is 22.3 Å². The molecule has 0 aliphatic heterocycles. The van der Waals surface area contributed by atoms with Gasteiger partial charge in [0, 0.05) is 11.3 Å². The van der Waals surface area contributed by atoms with Gasteiger partial charge in [0.2, 0.25) is 0 Å². The standard InChI is InChI=1S/C36H31N3/c1-27(2)36(31-17-9-4-10-18-31,32-19-11-5-12-20-32)35-38-37-34(39(35)33-21-13-6-14-22-33)30-25-23-29(24-26-30)28-15-7-3-8-16-28/h3-27H,1-2H3. The Morgan fingerprint density at radius 3 is 1.44 bits per heavy atom. The second-order valence-electron chi connectivity index (χ2n) is 10.2. The summed E-state index contributed by atoms with van der Waals surface area (Å²) >= 11 is 0. The number of nitrogens with zero attached hydrogens (tertiary/aromatic N) is 3. The fourth-order valence-corrected chi connectivity index (χ4v) is 5.74. The lowest BCUT2D eigenvalue weighted by Crippen LogP contribution is -2.38. The van der Waals surface area contributed by atoms with E-state index in [0.717, 1.165) is 22.9 Å². The number of para-hydroxylation sites is 1. The Labute approximate surface area is 230 Å². The molecule has 0 aliphatic rings. The Kier molecular flexibility index (Phi) is 6.64. The van der Waals surface area contributed by atoms with Crippen molar-refractivity contribution in [3.63, 3.8) is 0 Å². The third-order valence-corrected chi connectivity index (χ3v) is 7.60. The van der Waals surface area contributed by atoms with Crippen LogP contribution >= 0.6 is 0 Å². The second-order valence-corrected chi connectivity index (χ2v) is 10.2. The summed E-state index contributed by atoms with van der Waals surface area (Å²) in [5.74, 6) is 1.93. The lowest BCUT2D eigenvalue weighted by Gasteiger charge is -2.38. The van der Waals surface area contributed by atoms with Crippen molar-refractivity contribution in [2.75, 3.05) is 0 Å². The topological polar surface area (TPSA) is 30.7 Å². The summed E-state index contributed by atoms with van der Waals surface area (Å²) in [6.45, 7) is 4.55. The monoisotopic (exact) mass is 505 g/mol. The molecule has 0 unspecified atom stereocenters. The third-order valence-electron chi connectivity index (χ3n) is 7.60. The van der Waals surface area contributed by atoms with E-state index in [2.05, 4.69) is 152 Å². The summed E-state index contributed by atoms with van der Waals surface area (Å²) < 4.78 is 2.25. The van der Waals surface area contributed by atoms with Crippen LogP contribution in [0.5, 0.6) is 0 Å². The quantitative estimate of drug-likeness (QED) is 0.217. The van der Waals surface area contributed by atoms with Crippen molar-refractivity contribution >= 4 is 0 Å². The van der Waals surface area contributed by atoms with Crippen molar-refractivity contribution in [2.45, 2.75) is 19.3 Å². The van der Waals surface area contributed by atoms with Crippen molar-refractivity contribution in [2.24, 2.45) is 5.92 Å². The van der Waals surface area contributed by atoms with Crippen molar-refractivity contribution in [1.82, 2.24) is 14.8 Å². The third kappa shape index (κ3) is 4.36. The van der Waals surface area contributed by atoms with Gasteiger partial charge in [-0.2, -0.15) is 0 Å². The molecule has 3 heteroatoms. The smallest absolute Gasteiger partial charge is 0.168 e. The molecule has 0 radical (unpaired) electrons. The second kappa shape index (κ2) is 10.5. The molecule has 0 amide bonds. The summed E-state index contributed by atoms with van der Waals surface area (Å²) in [7, 11) is 0. The zero-order valence-corrected chi connectivity index (χ0v) is 22.3. The summed E-state index contributed by atoms with van der Waals surface area (Å²) in [6, 6.07) is 51.0. The molecule has 5 aromatic carbocycles.